The molecule has 1 amide bonds. The molecule has 1 aromatic heterocycles. The standard InChI is InChI=1S/C30H37N7O4/c1-7-28(38)32-24-16-25(27(41-6)17-26(24)36(4)15-14-35(2)3)34-30-31-13-12-23(33-30)29(39)20-8-10-21(11-9-20)37-18-22(19-37)40-5/h7-13,16-17,22H,1,14-15,18-19H2,2-6H3,(H,32,38)(H,31,33,34). The van der Waals surface area contributed by atoms with Gasteiger partial charge in [-0.25, -0.2) is 9.97 Å². The van der Waals surface area contributed by atoms with Crippen molar-refractivity contribution >= 4 is 40.4 Å². The van der Waals surface area contributed by atoms with E-state index in [0.717, 1.165) is 37.6 Å². The molecule has 2 aromatic carbocycles. The molecule has 1 aliphatic heterocycles. The first-order valence-corrected chi connectivity index (χ1v) is 13.3. The number of ether oxygens (including phenoxy) is 2. The molecule has 0 unspecified atom stereocenters. The maximum absolute atomic E-state index is 13.2. The molecule has 3 aromatic rings. The molecule has 0 spiro atoms. The fraction of sp³-hybridized carbons (Fsp3) is 0.333. The Kier molecular flexibility index (Phi) is 9.53. The molecular weight excluding hydrogens is 522 g/mol. The Morgan fingerprint density at radius 2 is 1.80 bits per heavy atom. The molecule has 1 fully saturated rings. The first-order valence-electron chi connectivity index (χ1n) is 13.3. The van der Waals surface area contributed by atoms with E-state index in [-0.39, 0.29) is 29.4 Å². The van der Waals surface area contributed by atoms with E-state index in [2.05, 4.69) is 37.0 Å². The van der Waals surface area contributed by atoms with E-state index in [1.54, 1.807) is 38.5 Å². The number of hydrogen-bond acceptors (Lipinski definition) is 10. The summed E-state index contributed by atoms with van der Waals surface area (Å²) in [6.07, 6.45) is 2.99. The molecule has 0 aliphatic carbocycles. The van der Waals surface area contributed by atoms with Gasteiger partial charge in [0.25, 0.3) is 0 Å². The van der Waals surface area contributed by atoms with Gasteiger partial charge < -0.3 is 34.8 Å². The molecule has 11 heteroatoms. The van der Waals surface area contributed by atoms with Crippen molar-refractivity contribution in [2.75, 3.05) is 82.0 Å². The van der Waals surface area contributed by atoms with Crippen molar-refractivity contribution in [3.05, 3.63) is 72.6 Å². The van der Waals surface area contributed by atoms with Crippen molar-refractivity contribution in [1.82, 2.24) is 14.9 Å². The second kappa shape index (κ2) is 13.2. The minimum Gasteiger partial charge on any atom is -0.494 e. The fourth-order valence-electron chi connectivity index (χ4n) is 4.34. The zero-order valence-electron chi connectivity index (χ0n) is 24.2. The smallest absolute Gasteiger partial charge is 0.247 e. The summed E-state index contributed by atoms with van der Waals surface area (Å²) in [7, 11) is 9.22. The van der Waals surface area contributed by atoms with Crippen molar-refractivity contribution in [2.24, 2.45) is 0 Å². The number of anilines is 5. The van der Waals surface area contributed by atoms with Crippen molar-refractivity contribution in [2.45, 2.75) is 6.10 Å². The molecule has 2 N–H and O–H groups in total. The summed E-state index contributed by atoms with van der Waals surface area (Å²) in [4.78, 5) is 40.5. The summed E-state index contributed by atoms with van der Waals surface area (Å²) >= 11 is 0. The second-order valence-corrected chi connectivity index (χ2v) is 10.0. The Balaban J connectivity index is 1.56. The molecule has 216 valence electrons. The van der Waals surface area contributed by atoms with E-state index in [4.69, 9.17) is 9.47 Å². The van der Waals surface area contributed by atoms with Gasteiger partial charge in [-0.2, -0.15) is 0 Å². The highest BCUT2D eigenvalue weighted by Gasteiger charge is 2.26. The van der Waals surface area contributed by atoms with Gasteiger partial charge in [-0.1, -0.05) is 6.58 Å². The minimum absolute atomic E-state index is 0.215. The van der Waals surface area contributed by atoms with Gasteiger partial charge in [-0.3, -0.25) is 9.59 Å². The maximum Gasteiger partial charge on any atom is 0.247 e. The van der Waals surface area contributed by atoms with Crippen LogP contribution in [0.4, 0.5) is 28.7 Å². The molecule has 0 radical (unpaired) electrons. The predicted octanol–water partition coefficient (Wildman–Crippen LogP) is 3.42. The van der Waals surface area contributed by atoms with E-state index in [1.165, 1.54) is 12.3 Å². The number of carbonyl (C=O) groups is 2. The molecule has 0 bridgehead atoms. The van der Waals surface area contributed by atoms with E-state index in [0.29, 0.717) is 22.7 Å². The summed E-state index contributed by atoms with van der Waals surface area (Å²) in [6, 6.07) is 12.6. The number of aromatic nitrogens is 2. The van der Waals surface area contributed by atoms with Gasteiger partial charge in [0.2, 0.25) is 17.6 Å². The molecule has 0 saturated carbocycles. The lowest BCUT2D eigenvalue weighted by Gasteiger charge is -2.40. The van der Waals surface area contributed by atoms with Crippen LogP contribution in [0.3, 0.4) is 0 Å². The third-order valence-electron chi connectivity index (χ3n) is 6.87. The lowest BCUT2D eigenvalue weighted by atomic mass is 10.1. The maximum atomic E-state index is 13.2. The van der Waals surface area contributed by atoms with Crippen LogP contribution in [0.1, 0.15) is 16.1 Å². The molecular formula is C30H37N7O4. The van der Waals surface area contributed by atoms with Crippen molar-refractivity contribution in [3.63, 3.8) is 0 Å². The SMILES string of the molecule is C=CC(=O)Nc1cc(Nc2nccc(C(=O)c3ccc(N4CC(OC)C4)cc3)n2)c(OC)cc1N(C)CCN(C)C. The quantitative estimate of drug-likeness (QED) is 0.239. The highest BCUT2D eigenvalue weighted by Crippen LogP contribution is 2.38. The van der Waals surface area contributed by atoms with Crippen LogP contribution >= 0.6 is 0 Å². The highest BCUT2D eigenvalue weighted by atomic mass is 16.5. The number of likely N-dealkylation sites (N-methyl/N-ethyl adjacent to an activating group) is 2. The van der Waals surface area contributed by atoms with E-state index in [9.17, 15) is 9.59 Å². The van der Waals surface area contributed by atoms with Crippen LogP contribution in [0.5, 0.6) is 5.75 Å². The average Bonchev–Trinajstić information content (AvgIpc) is 2.95. The van der Waals surface area contributed by atoms with Gasteiger partial charge in [0.05, 0.1) is 30.3 Å². The lowest BCUT2D eigenvalue weighted by Crippen LogP contribution is -2.51. The Morgan fingerprint density at radius 3 is 2.44 bits per heavy atom. The number of rotatable bonds is 13. The Hall–Kier alpha value is -4.48. The minimum atomic E-state index is -0.342. The highest BCUT2D eigenvalue weighted by molar-refractivity contribution is 6.08. The van der Waals surface area contributed by atoms with Gasteiger partial charge in [0.1, 0.15) is 11.4 Å². The number of nitrogens with one attached hydrogen (secondary N) is 2. The number of methoxy groups -OCH3 is 2. The summed E-state index contributed by atoms with van der Waals surface area (Å²) in [5.74, 6) is 0.174. The van der Waals surface area contributed by atoms with E-state index >= 15 is 0 Å². The fourth-order valence-corrected chi connectivity index (χ4v) is 4.34. The first-order chi connectivity index (χ1) is 19.7. The van der Waals surface area contributed by atoms with Crippen LogP contribution in [0.25, 0.3) is 0 Å². The van der Waals surface area contributed by atoms with Crippen molar-refractivity contribution < 1.29 is 19.1 Å². The molecule has 41 heavy (non-hydrogen) atoms. The summed E-state index contributed by atoms with van der Waals surface area (Å²) in [5.41, 5.74) is 3.67. The van der Waals surface area contributed by atoms with Crippen LogP contribution in [0.15, 0.2) is 61.3 Å². The second-order valence-electron chi connectivity index (χ2n) is 10.0. The Bertz CT molecular complexity index is 1390. The predicted molar refractivity (Wildman–Crippen MR) is 162 cm³/mol. The molecule has 2 heterocycles. The number of nitrogens with zero attached hydrogens (tertiary/aromatic N) is 5. The van der Waals surface area contributed by atoms with Crippen molar-refractivity contribution in [1.29, 1.82) is 0 Å². The number of amides is 1. The normalized spacial score (nSPS) is 13.0. The van der Waals surface area contributed by atoms with Crippen LogP contribution in [-0.4, -0.2) is 94.2 Å². The first kappa shape index (κ1) is 29.5. The van der Waals surface area contributed by atoms with Gasteiger partial charge in [0, 0.05) is 63.9 Å². The van der Waals surface area contributed by atoms with Gasteiger partial charge in [-0.15, -0.1) is 0 Å². The van der Waals surface area contributed by atoms with Crippen molar-refractivity contribution in [3.8, 4) is 5.75 Å². The van der Waals surface area contributed by atoms with E-state index < -0.39 is 0 Å². The lowest BCUT2D eigenvalue weighted by molar-refractivity contribution is -0.111. The number of carbonyl (C=O) groups excluding carboxylic acids is 2. The van der Waals surface area contributed by atoms with Gasteiger partial charge in [-0.05, 0) is 56.6 Å². The largest absolute Gasteiger partial charge is 0.494 e. The van der Waals surface area contributed by atoms with Crippen LogP contribution in [0.2, 0.25) is 0 Å². The zero-order chi connectivity index (χ0) is 29.5. The molecule has 0 atom stereocenters. The number of ketones is 1. The monoisotopic (exact) mass is 559 g/mol. The molecule has 11 nitrogen and oxygen atoms in total. The topological polar surface area (TPSA) is 112 Å². The van der Waals surface area contributed by atoms with Crippen LogP contribution < -0.4 is 25.2 Å². The summed E-state index contributed by atoms with van der Waals surface area (Å²) < 4.78 is 11.0. The number of benzene rings is 2. The Morgan fingerprint density at radius 1 is 1.07 bits per heavy atom. The number of hydrogen-bond donors (Lipinski definition) is 2. The molecule has 1 saturated heterocycles. The Labute approximate surface area is 240 Å². The third-order valence-corrected chi connectivity index (χ3v) is 6.87. The van der Waals surface area contributed by atoms with E-state index in [1.807, 2.05) is 44.2 Å². The third kappa shape index (κ3) is 7.19. The van der Waals surface area contributed by atoms with Crippen LogP contribution in [0, 0.1) is 0 Å². The molecule has 1 aliphatic rings. The molecule has 4 rings (SSSR count). The average molecular weight is 560 g/mol. The summed E-state index contributed by atoms with van der Waals surface area (Å²) in [6.45, 7) is 6.77. The van der Waals surface area contributed by atoms with Crippen LogP contribution in [-0.2, 0) is 9.53 Å². The summed E-state index contributed by atoms with van der Waals surface area (Å²) in [5, 5.41) is 6.02. The van der Waals surface area contributed by atoms with Gasteiger partial charge >= 0.3 is 0 Å². The van der Waals surface area contributed by atoms with Gasteiger partial charge in [0.15, 0.2) is 0 Å². The zero-order valence-corrected chi connectivity index (χ0v) is 24.2.